The zero-order valence-corrected chi connectivity index (χ0v) is 17.8. The van der Waals surface area contributed by atoms with Gasteiger partial charge in [-0.2, -0.15) is 0 Å². The predicted octanol–water partition coefficient (Wildman–Crippen LogP) is 6.26. The summed E-state index contributed by atoms with van der Waals surface area (Å²) in [6.07, 6.45) is 0. The van der Waals surface area contributed by atoms with Gasteiger partial charge in [0.05, 0.1) is 6.61 Å². The van der Waals surface area contributed by atoms with Gasteiger partial charge in [0.1, 0.15) is 16.5 Å². The van der Waals surface area contributed by atoms with Crippen LogP contribution in [0.25, 0.3) is 0 Å². The fraction of sp³-hybridized carbons (Fsp3) is 0.240. The molecule has 0 saturated heterocycles. The molecule has 0 N–H and O–H groups in total. The minimum Gasteiger partial charge on any atom is -0.462 e. The smallest absolute Gasteiger partial charge is 0.343 e. The van der Waals surface area contributed by atoms with Gasteiger partial charge < -0.3 is 4.74 Å². The van der Waals surface area contributed by atoms with Gasteiger partial charge in [0.25, 0.3) is 0 Å². The van der Waals surface area contributed by atoms with Crippen molar-refractivity contribution in [2.24, 2.45) is 0 Å². The first kappa shape index (κ1) is 20.2. The first-order valence-corrected chi connectivity index (χ1v) is 10.8. The Morgan fingerprint density at radius 1 is 0.821 bits per heavy atom. The summed E-state index contributed by atoms with van der Waals surface area (Å²) >= 11 is 0. The number of carbonyl (C=O) groups is 1. The van der Waals surface area contributed by atoms with Crippen LogP contribution in [0.1, 0.15) is 43.6 Å². The second kappa shape index (κ2) is 8.66. The third kappa shape index (κ3) is 4.48. The quantitative estimate of drug-likeness (QED) is 0.379. The topological polar surface area (TPSA) is 26.3 Å². The van der Waals surface area contributed by atoms with E-state index in [4.69, 9.17) is 4.74 Å². The highest BCUT2D eigenvalue weighted by Gasteiger charge is 2.33. The first-order chi connectivity index (χ1) is 13.4. The van der Waals surface area contributed by atoms with Crippen molar-refractivity contribution >= 4 is 16.9 Å². The van der Waals surface area contributed by atoms with Gasteiger partial charge in [0, 0.05) is 0 Å². The van der Waals surface area contributed by atoms with Crippen molar-refractivity contribution < 1.29 is 9.53 Å². The maximum absolute atomic E-state index is 12.6. The molecule has 0 aromatic heterocycles. The summed E-state index contributed by atoms with van der Waals surface area (Å²) in [5.74, 6) is -0.266. The number of hydrogen-bond donors (Lipinski definition) is 0. The van der Waals surface area contributed by atoms with E-state index >= 15 is 0 Å². The van der Waals surface area contributed by atoms with Crippen molar-refractivity contribution in [3.8, 4) is 0 Å². The Balaban J connectivity index is 2.14. The van der Waals surface area contributed by atoms with E-state index in [9.17, 15) is 4.79 Å². The van der Waals surface area contributed by atoms with E-state index in [1.165, 1.54) is 15.4 Å². The van der Waals surface area contributed by atoms with Gasteiger partial charge in [0.2, 0.25) is 0 Å². The summed E-state index contributed by atoms with van der Waals surface area (Å²) in [5, 5.41) is 0. The van der Waals surface area contributed by atoms with Crippen LogP contribution in [-0.2, 0) is 21.0 Å². The standard InChI is InChI=1S/C25H27O2S/c1-5-27-24(26)22-13-9-10-14-23(22)28(20-11-7-6-8-12-20)21-17-15-19(16-18-21)25(2,3)4/h6-18H,5H2,1-4H3/q+1. The van der Waals surface area contributed by atoms with Crippen molar-refractivity contribution in [3.63, 3.8) is 0 Å². The molecule has 0 bridgehead atoms. The Morgan fingerprint density at radius 3 is 2.00 bits per heavy atom. The van der Waals surface area contributed by atoms with Crippen LogP contribution in [0.3, 0.4) is 0 Å². The molecule has 0 aliphatic rings. The van der Waals surface area contributed by atoms with E-state index in [0.29, 0.717) is 12.2 Å². The highest BCUT2D eigenvalue weighted by molar-refractivity contribution is 7.97. The van der Waals surface area contributed by atoms with Crippen LogP contribution in [0, 0.1) is 0 Å². The number of benzene rings is 3. The van der Waals surface area contributed by atoms with Gasteiger partial charge in [0.15, 0.2) is 14.7 Å². The van der Waals surface area contributed by atoms with E-state index in [1.807, 2.05) is 49.4 Å². The molecule has 0 saturated carbocycles. The Labute approximate surface area is 170 Å². The van der Waals surface area contributed by atoms with Gasteiger partial charge in [-0.25, -0.2) is 4.79 Å². The molecule has 3 rings (SSSR count). The summed E-state index contributed by atoms with van der Waals surface area (Å²) in [4.78, 5) is 16.0. The largest absolute Gasteiger partial charge is 0.462 e. The molecule has 3 aromatic carbocycles. The molecule has 0 aliphatic carbocycles. The van der Waals surface area contributed by atoms with Crippen LogP contribution in [-0.4, -0.2) is 12.6 Å². The summed E-state index contributed by atoms with van der Waals surface area (Å²) in [6, 6.07) is 26.9. The van der Waals surface area contributed by atoms with Gasteiger partial charge in [-0.05, 0) is 54.3 Å². The van der Waals surface area contributed by atoms with E-state index in [0.717, 1.165) is 4.90 Å². The molecule has 1 atom stereocenters. The molecule has 3 heteroatoms. The van der Waals surface area contributed by atoms with Crippen molar-refractivity contribution in [1.29, 1.82) is 0 Å². The third-order valence-electron chi connectivity index (χ3n) is 4.54. The van der Waals surface area contributed by atoms with Crippen LogP contribution in [0.15, 0.2) is 93.5 Å². The SMILES string of the molecule is CCOC(=O)c1ccccc1[S+](c1ccccc1)c1ccc(C(C)(C)C)cc1. The zero-order chi connectivity index (χ0) is 20.1. The molecule has 28 heavy (non-hydrogen) atoms. The Bertz CT molecular complexity index is 925. The lowest BCUT2D eigenvalue weighted by Crippen LogP contribution is -2.14. The Hall–Kier alpha value is -2.52. The number of rotatable bonds is 5. The third-order valence-corrected chi connectivity index (χ3v) is 6.82. The lowest BCUT2D eigenvalue weighted by molar-refractivity contribution is 0.0522. The summed E-state index contributed by atoms with van der Waals surface area (Å²) < 4.78 is 5.32. The second-order valence-electron chi connectivity index (χ2n) is 7.61. The highest BCUT2D eigenvalue weighted by atomic mass is 32.2. The highest BCUT2D eigenvalue weighted by Crippen LogP contribution is 2.34. The molecule has 144 valence electrons. The molecular weight excluding hydrogens is 364 g/mol. The van der Waals surface area contributed by atoms with Crippen LogP contribution in [0.2, 0.25) is 0 Å². The number of esters is 1. The van der Waals surface area contributed by atoms with Gasteiger partial charge in [-0.15, -0.1) is 0 Å². The lowest BCUT2D eigenvalue weighted by atomic mass is 9.87. The predicted molar refractivity (Wildman–Crippen MR) is 116 cm³/mol. The number of ether oxygens (including phenoxy) is 1. The lowest BCUT2D eigenvalue weighted by Gasteiger charge is -2.19. The van der Waals surface area contributed by atoms with Gasteiger partial charge in [-0.1, -0.05) is 63.2 Å². The molecule has 3 aromatic rings. The number of carbonyl (C=O) groups excluding carboxylic acids is 1. The first-order valence-electron chi connectivity index (χ1n) is 9.58. The van der Waals surface area contributed by atoms with Crippen molar-refractivity contribution in [3.05, 3.63) is 90.0 Å². The van der Waals surface area contributed by atoms with Gasteiger partial charge in [-0.3, -0.25) is 0 Å². The maximum atomic E-state index is 12.6. The molecule has 0 aliphatic heterocycles. The molecule has 2 nitrogen and oxygen atoms in total. The average Bonchev–Trinajstić information content (AvgIpc) is 2.69. The maximum Gasteiger partial charge on any atom is 0.343 e. The second-order valence-corrected chi connectivity index (χ2v) is 9.61. The van der Waals surface area contributed by atoms with Crippen molar-refractivity contribution in [1.82, 2.24) is 0 Å². The van der Waals surface area contributed by atoms with Crippen LogP contribution < -0.4 is 0 Å². The molecule has 1 unspecified atom stereocenters. The minimum absolute atomic E-state index is 0.104. The molecule has 0 amide bonds. The van der Waals surface area contributed by atoms with Crippen molar-refractivity contribution in [2.75, 3.05) is 6.61 Å². The molecule has 0 heterocycles. The van der Waals surface area contributed by atoms with Crippen molar-refractivity contribution in [2.45, 2.75) is 47.8 Å². The molecule has 0 fully saturated rings. The van der Waals surface area contributed by atoms with Crippen LogP contribution in [0.5, 0.6) is 0 Å². The van der Waals surface area contributed by atoms with Gasteiger partial charge >= 0.3 is 5.97 Å². The van der Waals surface area contributed by atoms with E-state index in [-0.39, 0.29) is 22.3 Å². The minimum atomic E-state index is -0.386. The normalized spacial score (nSPS) is 12.4. The van der Waals surface area contributed by atoms with E-state index in [1.54, 1.807) is 0 Å². The average molecular weight is 392 g/mol. The monoisotopic (exact) mass is 391 g/mol. The molecule has 0 spiro atoms. The van der Waals surface area contributed by atoms with Crippen LogP contribution >= 0.6 is 0 Å². The summed E-state index contributed by atoms with van der Waals surface area (Å²) in [5.41, 5.74) is 2.04. The fourth-order valence-corrected chi connectivity index (χ4v) is 5.26. The summed E-state index contributed by atoms with van der Waals surface area (Å²) in [7, 11) is -0.386. The zero-order valence-electron chi connectivity index (χ0n) is 16.9. The number of hydrogen-bond acceptors (Lipinski definition) is 2. The van der Waals surface area contributed by atoms with E-state index < -0.39 is 0 Å². The van der Waals surface area contributed by atoms with Crippen LogP contribution in [0.4, 0.5) is 0 Å². The Morgan fingerprint density at radius 2 is 1.39 bits per heavy atom. The summed E-state index contributed by atoms with van der Waals surface area (Å²) in [6.45, 7) is 8.86. The molecule has 0 radical (unpaired) electrons. The fourth-order valence-electron chi connectivity index (χ4n) is 3.06. The Kier molecular flexibility index (Phi) is 6.25. The van der Waals surface area contributed by atoms with E-state index in [2.05, 4.69) is 57.2 Å². The molecular formula is C25H27O2S+.